The molecular formula is C14H14BrNO4. The van der Waals surface area contributed by atoms with Gasteiger partial charge in [0, 0.05) is 21.7 Å². The summed E-state index contributed by atoms with van der Waals surface area (Å²) in [5, 5.41) is 2.62. The van der Waals surface area contributed by atoms with Crippen molar-refractivity contribution in [3.8, 4) is 0 Å². The first-order valence-electron chi connectivity index (χ1n) is 6.11. The maximum Gasteiger partial charge on any atom is 0.411 e. The summed E-state index contributed by atoms with van der Waals surface area (Å²) in [7, 11) is 0. The fourth-order valence-corrected chi connectivity index (χ4v) is 2.21. The topological polar surface area (TPSA) is 64.6 Å². The molecule has 106 valence electrons. The number of amides is 1. The Hall–Kier alpha value is -1.82. The van der Waals surface area contributed by atoms with E-state index in [2.05, 4.69) is 27.8 Å². The Morgan fingerprint density at radius 1 is 1.55 bits per heavy atom. The molecule has 2 rings (SSSR count). The average molecular weight is 340 g/mol. The van der Waals surface area contributed by atoms with Crippen molar-refractivity contribution >= 4 is 33.7 Å². The van der Waals surface area contributed by atoms with Crippen molar-refractivity contribution in [3.05, 3.63) is 40.9 Å². The molecule has 0 saturated carbocycles. The largest absolute Gasteiger partial charge is 0.462 e. The van der Waals surface area contributed by atoms with Crippen molar-refractivity contribution in [1.29, 1.82) is 0 Å². The second-order valence-corrected chi connectivity index (χ2v) is 5.30. The summed E-state index contributed by atoms with van der Waals surface area (Å²) >= 11 is 3.31. The zero-order chi connectivity index (χ0) is 14.5. The predicted molar refractivity (Wildman–Crippen MR) is 77.3 cm³/mol. The fourth-order valence-electron chi connectivity index (χ4n) is 1.81. The van der Waals surface area contributed by atoms with Crippen LogP contribution in [0.4, 0.5) is 10.5 Å². The van der Waals surface area contributed by atoms with Crippen LogP contribution in [0.15, 0.2) is 40.9 Å². The highest BCUT2D eigenvalue weighted by Gasteiger charge is 2.28. The van der Waals surface area contributed by atoms with Gasteiger partial charge in [0.2, 0.25) is 0 Å². The molecule has 1 atom stereocenters. The van der Waals surface area contributed by atoms with E-state index in [4.69, 9.17) is 9.47 Å². The van der Waals surface area contributed by atoms with Crippen molar-refractivity contribution in [2.45, 2.75) is 6.42 Å². The summed E-state index contributed by atoms with van der Waals surface area (Å²) in [5.41, 5.74) is 1.09. The van der Waals surface area contributed by atoms with Gasteiger partial charge in [0.1, 0.15) is 0 Å². The fraction of sp³-hybridized carbons (Fsp3) is 0.286. The number of cyclic esters (lactones) is 1. The standard InChI is InChI=1S/C14H14BrNO4/c1-9-10(8-20-13(9)17)5-6-19-14(18)16-12-4-2-3-11(15)7-12/h2-4,7,10H,1,5-6,8H2,(H,16,18)/t10-/m1/s1. The molecule has 1 amide bonds. The van der Waals surface area contributed by atoms with E-state index in [0.29, 0.717) is 24.3 Å². The van der Waals surface area contributed by atoms with Crippen LogP contribution in [0.5, 0.6) is 0 Å². The summed E-state index contributed by atoms with van der Waals surface area (Å²) in [4.78, 5) is 22.7. The minimum atomic E-state index is -0.529. The molecule has 1 saturated heterocycles. The molecule has 0 aliphatic carbocycles. The second-order valence-electron chi connectivity index (χ2n) is 4.38. The number of hydrogen-bond donors (Lipinski definition) is 1. The molecule has 0 radical (unpaired) electrons. The van der Waals surface area contributed by atoms with Gasteiger partial charge in [-0.2, -0.15) is 0 Å². The number of ether oxygens (including phenoxy) is 2. The van der Waals surface area contributed by atoms with Crippen LogP contribution >= 0.6 is 15.9 Å². The highest BCUT2D eigenvalue weighted by molar-refractivity contribution is 9.10. The van der Waals surface area contributed by atoms with Gasteiger partial charge in [-0.15, -0.1) is 0 Å². The Kier molecular flexibility index (Phi) is 4.79. The quantitative estimate of drug-likeness (QED) is 0.676. The molecule has 1 aliphatic heterocycles. The molecule has 0 bridgehead atoms. The van der Waals surface area contributed by atoms with Crippen LogP contribution in [-0.4, -0.2) is 25.3 Å². The predicted octanol–water partition coefficient (Wildman–Crippen LogP) is 3.12. The van der Waals surface area contributed by atoms with Gasteiger partial charge >= 0.3 is 12.1 Å². The lowest BCUT2D eigenvalue weighted by atomic mass is 10.0. The number of carbonyl (C=O) groups is 2. The summed E-state index contributed by atoms with van der Waals surface area (Å²) in [6, 6.07) is 7.20. The number of halogens is 1. The molecule has 0 spiro atoms. The maximum absolute atomic E-state index is 11.6. The van der Waals surface area contributed by atoms with Crippen LogP contribution in [0.3, 0.4) is 0 Å². The average Bonchev–Trinajstić information content (AvgIpc) is 2.71. The van der Waals surface area contributed by atoms with Crippen LogP contribution in [0, 0.1) is 5.92 Å². The summed E-state index contributed by atoms with van der Waals surface area (Å²) in [5.74, 6) is -0.435. The summed E-state index contributed by atoms with van der Waals surface area (Å²) < 4.78 is 10.8. The lowest BCUT2D eigenvalue weighted by molar-refractivity contribution is -0.135. The molecule has 1 N–H and O–H groups in total. The van der Waals surface area contributed by atoms with Crippen molar-refractivity contribution in [2.75, 3.05) is 18.5 Å². The number of anilines is 1. The van der Waals surface area contributed by atoms with Gasteiger partial charge in [0.15, 0.2) is 0 Å². The zero-order valence-electron chi connectivity index (χ0n) is 10.7. The van der Waals surface area contributed by atoms with Gasteiger partial charge < -0.3 is 9.47 Å². The monoisotopic (exact) mass is 339 g/mol. The van der Waals surface area contributed by atoms with Crippen LogP contribution in [0.25, 0.3) is 0 Å². The third kappa shape index (κ3) is 3.84. The minimum Gasteiger partial charge on any atom is -0.462 e. The normalized spacial score (nSPS) is 17.8. The summed E-state index contributed by atoms with van der Waals surface area (Å²) in [6.45, 7) is 4.18. The Morgan fingerprint density at radius 2 is 2.35 bits per heavy atom. The van der Waals surface area contributed by atoms with Gasteiger partial charge in [-0.25, -0.2) is 9.59 Å². The number of benzene rings is 1. The van der Waals surface area contributed by atoms with E-state index in [1.165, 1.54) is 0 Å². The molecule has 0 aromatic heterocycles. The number of rotatable bonds is 4. The molecule has 20 heavy (non-hydrogen) atoms. The number of nitrogens with one attached hydrogen (secondary N) is 1. The van der Waals surface area contributed by atoms with E-state index in [0.717, 1.165) is 4.47 Å². The van der Waals surface area contributed by atoms with Crippen molar-refractivity contribution in [3.63, 3.8) is 0 Å². The first-order chi connectivity index (χ1) is 9.56. The molecule has 1 aliphatic rings. The van der Waals surface area contributed by atoms with Crippen molar-refractivity contribution in [1.82, 2.24) is 0 Å². The Morgan fingerprint density at radius 3 is 3.00 bits per heavy atom. The van der Waals surface area contributed by atoms with Gasteiger partial charge in [0.05, 0.1) is 13.2 Å². The molecule has 1 aromatic rings. The highest BCUT2D eigenvalue weighted by atomic mass is 79.9. The molecular weight excluding hydrogens is 326 g/mol. The highest BCUT2D eigenvalue weighted by Crippen LogP contribution is 2.22. The first-order valence-corrected chi connectivity index (χ1v) is 6.91. The molecule has 1 heterocycles. The Balaban J connectivity index is 1.73. The van der Waals surface area contributed by atoms with Crippen LogP contribution in [-0.2, 0) is 14.3 Å². The Labute approximate surface area is 125 Å². The zero-order valence-corrected chi connectivity index (χ0v) is 12.3. The number of esters is 1. The summed E-state index contributed by atoms with van der Waals surface area (Å²) in [6.07, 6.45) is -0.00446. The van der Waals surface area contributed by atoms with E-state index in [1.54, 1.807) is 12.1 Å². The first kappa shape index (κ1) is 14.6. The molecule has 6 heteroatoms. The van der Waals surface area contributed by atoms with Gasteiger partial charge in [-0.3, -0.25) is 5.32 Å². The molecule has 1 fully saturated rings. The molecule has 5 nitrogen and oxygen atoms in total. The van der Waals surface area contributed by atoms with E-state index in [1.807, 2.05) is 12.1 Å². The van der Waals surface area contributed by atoms with Gasteiger partial charge in [-0.05, 0) is 24.6 Å². The number of carbonyl (C=O) groups excluding carboxylic acids is 2. The van der Waals surface area contributed by atoms with Crippen LogP contribution in [0.1, 0.15) is 6.42 Å². The smallest absolute Gasteiger partial charge is 0.411 e. The van der Waals surface area contributed by atoms with Gasteiger partial charge in [-0.1, -0.05) is 28.6 Å². The number of hydrogen-bond acceptors (Lipinski definition) is 4. The van der Waals surface area contributed by atoms with Crippen molar-refractivity contribution in [2.24, 2.45) is 5.92 Å². The maximum atomic E-state index is 11.6. The molecule has 0 unspecified atom stereocenters. The van der Waals surface area contributed by atoms with E-state index in [9.17, 15) is 9.59 Å². The van der Waals surface area contributed by atoms with E-state index in [-0.39, 0.29) is 18.5 Å². The van der Waals surface area contributed by atoms with E-state index >= 15 is 0 Å². The Bertz CT molecular complexity index is 544. The van der Waals surface area contributed by atoms with Crippen LogP contribution in [0.2, 0.25) is 0 Å². The minimum absolute atomic E-state index is 0.0684. The lowest BCUT2D eigenvalue weighted by Gasteiger charge is -2.09. The van der Waals surface area contributed by atoms with Gasteiger partial charge in [0.25, 0.3) is 0 Å². The third-order valence-electron chi connectivity index (χ3n) is 2.94. The van der Waals surface area contributed by atoms with Crippen molar-refractivity contribution < 1.29 is 19.1 Å². The second kappa shape index (κ2) is 6.56. The van der Waals surface area contributed by atoms with Crippen LogP contribution < -0.4 is 5.32 Å². The lowest BCUT2D eigenvalue weighted by Crippen LogP contribution is -2.16. The third-order valence-corrected chi connectivity index (χ3v) is 3.43. The molecule has 1 aromatic carbocycles. The SMILES string of the molecule is C=C1C(=O)OC[C@H]1CCOC(=O)Nc1cccc(Br)c1. The van der Waals surface area contributed by atoms with E-state index < -0.39 is 6.09 Å².